The topological polar surface area (TPSA) is 81.2 Å². The van der Waals surface area contributed by atoms with Crippen molar-refractivity contribution in [3.63, 3.8) is 0 Å². The molecule has 0 radical (unpaired) electrons. The van der Waals surface area contributed by atoms with Crippen molar-refractivity contribution in [1.82, 2.24) is 4.98 Å². The number of hydrogen-bond acceptors (Lipinski definition) is 7. The Morgan fingerprint density at radius 3 is 2.14 bits per heavy atom. The first kappa shape index (κ1) is 28.3. The minimum absolute atomic E-state index is 0.0722. The van der Waals surface area contributed by atoms with Crippen molar-refractivity contribution in [3.05, 3.63) is 108 Å². The van der Waals surface area contributed by atoms with Gasteiger partial charge in [-0.2, -0.15) is 4.98 Å². The first-order chi connectivity index (χ1) is 20.8. The van der Waals surface area contributed by atoms with Crippen LogP contribution in [-0.4, -0.2) is 36.6 Å². The van der Waals surface area contributed by atoms with E-state index < -0.39 is 5.41 Å². The lowest BCUT2D eigenvalue weighted by Crippen LogP contribution is -2.51. The van der Waals surface area contributed by atoms with E-state index in [2.05, 4.69) is 11.0 Å². The van der Waals surface area contributed by atoms with Crippen LogP contribution in [0.1, 0.15) is 37.5 Å². The van der Waals surface area contributed by atoms with Crippen molar-refractivity contribution < 1.29 is 23.8 Å². The third kappa shape index (κ3) is 5.65. The number of amides is 1. The number of hydrogen-bond donors (Lipinski definition) is 0. The fraction of sp³-hybridized carbons (Fsp3) is 0.286. The zero-order valence-corrected chi connectivity index (χ0v) is 24.7. The molecule has 6 rings (SSSR count). The molecule has 2 aliphatic heterocycles. The van der Waals surface area contributed by atoms with Gasteiger partial charge in [-0.15, -0.1) is 0 Å². The molecule has 4 aromatic rings. The Morgan fingerprint density at radius 2 is 1.49 bits per heavy atom. The lowest BCUT2D eigenvalue weighted by molar-refractivity contribution is -0.148. The molecule has 43 heavy (non-hydrogen) atoms. The first-order valence-electron chi connectivity index (χ1n) is 14.6. The van der Waals surface area contributed by atoms with Gasteiger partial charge in [0.15, 0.2) is 0 Å². The van der Waals surface area contributed by atoms with E-state index in [1.165, 1.54) is 0 Å². The number of carbonyl (C=O) groups is 2. The van der Waals surface area contributed by atoms with E-state index >= 15 is 0 Å². The van der Waals surface area contributed by atoms with Gasteiger partial charge in [0, 0.05) is 24.8 Å². The van der Waals surface area contributed by atoms with E-state index in [0.29, 0.717) is 43.8 Å². The molecule has 0 atom stereocenters. The van der Waals surface area contributed by atoms with Gasteiger partial charge in [-0.25, -0.2) is 0 Å². The summed E-state index contributed by atoms with van der Waals surface area (Å²) in [6, 6.07) is 29.4. The average Bonchev–Trinajstić information content (AvgIpc) is 3.19. The van der Waals surface area contributed by atoms with Crippen LogP contribution < -0.4 is 19.3 Å². The van der Waals surface area contributed by atoms with Crippen molar-refractivity contribution in [2.75, 3.05) is 29.5 Å². The third-order valence-electron chi connectivity index (χ3n) is 8.00. The quantitative estimate of drug-likeness (QED) is 0.208. The largest absolute Gasteiger partial charge is 0.473 e. The summed E-state index contributed by atoms with van der Waals surface area (Å²) in [5.74, 6) is 0.365. The Labute approximate surface area is 251 Å². The van der Waals surface area contributed by atoms with E-state index in [-0.39, 0.29) is 24.4 Å². The van der Waals surface area contributed by atoms with Gasteiger partial charge in [0.05, 0.1) is 23.6 Å². The van der Waals surface area contributed by atoms with Crippen LogP contribution in [0.2, 0.25) is 0 Å². The van der Waals surface area contributed by atoms with Crippen LogP contribution in [0.4, 0.5) is 17.1 Å². The molecule has 3 aromatic carbocycles. The minimum Gasteiger partial charge on any atom is -0.473 e. The predicted molar refractivity (Wildman–Crippen MR) is 165 cm³/mol. The Hall–Kier alpha value is -4.85. The molecule has 1 amide bonds. The van der Waals surface area contributed by atoms with E-state index in [1.807, 2.05) is 99.6 Å². The van der Waals surface area contributed by atoms with Crippen LogP contribution in [0.5, 0.6) is 11.8 Å². The van der Waals surface area contributed by atoms with Gasteiger partial charge >= 0.3 is 5.97 Å². The summed E-state index contributed by atoms with van der Waals surface area (Å²) in [7, 11) is 0. The van der Waals surface area contributed by atoms with Gasteiger partial charge in [-0.3, -0.25) is 14.5 Å². The molecule has 0 unspecified atom stereocenters. The second kappa shape index (κ2) is 11.8. The number of aromatic nitrogens is 1. The van der Waals surface area contributed by atoms with Gasteiger partial charge < -0.3 is 19.1 Å². The summed E-state index contributed by atoms with van der Waals surface area (Å²) in [5, 5.41) is 0. The molecule has 1 fully saturated rings. The van der Waals surface area contributed by atoms with Crippen molar-refractivity contribution in [3.8, 4) is 11.8 Å². The smallest absolute Gasteiger partial charge is 0.312 e. The van der Waals surface area contributed by atoms with Crippen LogP contribution in [0.15, 0.2) is 91.0 Å². The normalized spacial score (nSPS) is 15.6. The summed E-state index contributed by atoms with van der Waals surface area (Å²) in [4.78, 5) is 34.7. The van der Waals surface area contributed by atoms with Gasteiger partial charge in [0.1, 0.15) is 18.9 Å². The second-order valence-electron chi connectivity index (χ2n) is 11.3. The summed E-state index contributed by atoms with van der Waals surface area (Å²) in [6.45, 7) is 7.92. The number of rotatable bonds is 10. The Kier molecular flexibility index (Phi) is 7.76. The molecular weight excluding hydrogens is 542 g/mol. The lowest BCUT2D eigenvalue weighted by atomic mass is 9.85. The van der Waals surface area contributed by atoms with Crippen molar-refractivity contribution in [1.29, 1.82) is 0 Å². The van der Waals surface area contributed by atoms with Gasteiger partial charge in [-0.1, -0.05) is 60.7 Å². The molecular formula is C35H35N3O5. The van der Waals surface area contributed by atoms with Crippen molar-refractivity contribution in [2.24, 2.45) is 5.92 Å². The zero-order chi connectivity index (χ0) is 30.0. The predicted octanol–water partition coefficient (Wildman–Crippen LogP) is 6.19. The molecule has 0 saturated carbocycles. The van der Waals surface area contributed by atoms with Crippen LogP contribution in [0.25, 0.3) is 0 Å². The number of benzene rings is 3. The van der Waals surface area contributed by atoms with E-state index in [9.17, 15) is 9.59 Å². The van der Waals surface area contributed by atoms with Crippen LogP contribution in [0, 0.1) is 5.92 Å². The number of carbonyl (C=O) groups excluding carboxylic acids is 2. The highest BCUT2D eigenvalue weighted by atomic mass is 16.5. The van der Waals surface area contributed by atoms with Gasteiger partial charge in [-0.05, 0) is 61.7 Å². The average molecular weight is 578 g/mol. The molecule has 8 nitrogen and oxygen atoms in total. The molecule has 1 aromatic heterocycles. The van der Waals surface area contributed by atoms with Crippen LogP contribution in [-0.2, 0) is 33.0 Å². The molecule has 220 valence electrons. The Morgan fingerprint density at radius 1 is 0.860 bits per heavy atom. The molecule has 0 aliphatic carbocycles. The fourth-order valence-electron chi connectivity index (χ4n) is 5.49. The number of esters is 1. The highest BCUT2D eigenvalue weighted by molar-refractivity contribution is 6.13. The number of pyridine rings is 1. The molecule has 0 spiro atoms. The standard InChI is InChI=1S/C35H35N3O5/c1-4-41-33(39)26-20-37(21-26)27-15-16-29-28(19-27)35(2,3)34(40)38(29)30-17-18-31(42-22-24-11-7-5-8-12-24)36-32(30)43-23-25-13-9-6-10-14-25/h5-19,26H,4,20-23H2,1-3H3. The Bertz CT molecular complexity index is 1620. The zero-order valence-electron chi connectivity index (χ0n) is 24.7. The van der Waals surface area contributed by atoms with E-state index in [1.54, 1.807) is 11.0 Å². The first-order valence-corrected chi connectivity index (χ1v) is 14.6. The summed E-state index contributed by atoms with van der Waals surface area (Å²) in [5.41, 5.74) is 4.45. The molecule has 3 heterocycles. The highest BCUT2D eigenvalue weighted by Crippen LogP contribution is 2.49. The summed E-state index contributed by atoms with van der Waals surface area (Å²) in [6.07, 6.45) is 0. The highest BCUT2D eigenvalue weighted by Gasteiger charge is 2.46. The maximum Gasteiger partial charge on any atom is 0.312 e. The molecule has 8 heteroatoms. The minimum atomic E-state index is -0.782. The Balaban J connectivity index is 1.30. The number of anilines is 3. The maximum atomic E-state index is 14.0. The van der Waals surface area contributed by atoms with E-state index in [4.69, 9.17) is 19.2 Å². The maximum absolute atomic E-state index is 14.0. The third-order valence-corrected chi connectivity index (χ3v) is 8.00. The molecule has 2 aliphatic rings. The lowest BCUT2D eigenvalue weighted by Gasteiger charge is -2.39. The van der Waals surface area contributed by atoms with Crippen LogP contribution in [0.3, 0.4) is 0 Å². The fourth-order valence-corrected chi connectivity index (χ4v) is 5.49. The second-order valence-corrected chi connectivity index (χ2v) is 11.3. The van der Waals surface area contributed by atoms with Crippen LogP contribution >= 0.6 is 0 Å². The number of nitrogens with zero attached hydrogens (tertiary/aromatic N) is 3. The number of fused-ring (bicyclic) bond motifs is 1. The van der Waals surface area contributed by atoms with Gasteiger partial charge in [0.2, 0.25) is 17.7 Å². The van der Waals surface area contributed by atoms with Crippen molar-refractivity contribution in [2.45, 2.75) is 39.4 Å². The molecule has 0 bridgehead atoms. The van der Waals surface area contributed by atoms with E-state index in [0.717, 1.165) is 28.1 Å². The van der Waals surface area contributed by atoms with Gasteiger partial charge in [0.25, 0.3) is 0 Å². The summed E-state index contributed by atoms with van der Waals surface area (Å²) >= 11 is 0. The molecule has 0 N–H and O–H groups in total. The van der Waals surface area contributed by atoms with Crippen molar-refractivity contribution >= 4 is 28.9 Å². The summed E-state index contributed by atoms with van der Waals surface area (Å²) < 4.78 is 17.4. The number of ether oxygens (including phenoxy) is 3. The monoisotopic (exact) mass is 577 g/mol. The SMILES string of the molecule is CCOC(=O)C1CN(c2ccc3c(c2)C(C)(C)C(=O)N3c2ccc(OCc3ccccc3)nc2OCc2ccccc2)C1. The molecule has 1 saturated heterocycles.